The van der Waals surface area contributed by atoms with Gasteiger partial charge < -0.3 is 5.11 Å². The van der Waals surface area contributed by atoms with Crippen LogP contribution in [0.4, 0.5) is 0 Å². The van der Waals surface area contributed by atoms with Gasteiger partial charge in [0.2, 0.25) is 0 Å². The first-order chi connectivity index (χ1) is 6.74. The third kappa shape index (κ3) is 2.95. The molecule has 0 aliphatic rings. The van der Waals surface area contributed by atoms with Gasteiger partial charge in [0.05, 0.1) is 0 Å². The van der Waals surface area contributed by atoms with Crippen molar-refractivity contribution in [3.63, 3.8) is 0 Å². The quantitative estimate of drug-likeness (QED) is 0.733. The number of carbonyl (C=O) groups is 1. The van der Waals surface area contributed by atoms with Crippen molar-refractivity contribution in [2.24, 2.45) is 5.92 Å². The second-order valence-corrected chi connectivity index (χ2v) is 3.08. The number of benzene rings is 1. The molecule has 1 N–H and O–H groups in total. The van der Waals surface area contributed by atoms with Crippen molar-refractivity contribution >= 4 is 5.97 Å². The van der Waals surface area contributed by atoms with Gasteiger partial charge in [-0.15, -0.1) is 6.42 Å². The molecule has 2 heteroatoms. The average Bonchev–Trinajstić information content (AvgIpc) is 2.20. The van der Waals surface area contributed by atoms with Crippen LogP contribution in [0.1, 0.15) is 12.0 Å². The second kappa shape index (κ2) is 5.08. The third-order valence-corrected chi connectivity index (χ3v) is 2.06. The Morgan fingerprint density at radius 3 is 2.57 bits per heavy atom. The molecule has 1 aromatic carbocycles. The molecule has 0 radical (unpaired) electrons. The van der Waals surface area contributed by atoms with Gasteiger partial charge in [-0.1, -0.05) is 36.3 Å². The van der Waals surface area contributed by atoms with E-state index in [9.17, 15) is 4.79 Å². The number of hydrogen-bond acceptors (Lipinski definition) is 1. The van der Waals surface area contributed by atoms with E-state index in [-0.39, 0.29) is 0 Å². The van der Waals surface area contributed by atoms with E-state index in [0.717, 1.165) is 5.56 Å². The van der Waals surface area contributed by atoms with E-state index in [0.29, 0.717) is 12.8 Å². The van der Waals surface area contributed by atoms with Gasteiger partial charge in [0.15, 0.2) is 0 Å². The lowest BCUT2D eigenvalue weighted by Crippen LogP contribution is -2.12. The minimum atomic E-state index is -0.913. The van der Waals surface area contributed by atoms with Crippen molar-refractivity contribution in [3.05, 3.63) is 35.9 Å². The molecule has 0 saturated heterocycles. The van der Waals surface area contributed by atoms with Crippen molar-refractivity contribution in [2.75, 3.05) is 0 Å². The van der Waals surface area contributed by atoms with Crippen LogP contribution >= 0.6 is 0 Å². The summed E-state index contributed by atoms with van der Waals surface area (Å²) >= 11 is 0. The van der Waals surface area contributed by atoms with Crippen LogP contribution in [-0.2, 0) is 11.2 Å². The van der Waals surface area contributed by atoms with Gasteiger partial charge in [0.1, 0.15) is 5.92 Å². The molecule has 0 heterocycles. The number of hydrogen-bond donors (Lipinski definition) is 1. The SMILES string of the molecule is C#CC(CCc1ccccc1)C(=O)O. The van der Waals surface area contributed by atoms with E-state index in [1.165, 1.54) is 0 Å². The lowest BCUT2D eigenvalue weighted by Gasteiger charge is -2.04. The van der Waals surface area contributed by atoms with Crippen LogP contribution in [0.2, 0.25) is 0 Å². The molecular formula is C12H12O2. The van der Waals surface area contributed by atoms with Gasteiger partial charge in [-0.05, 0) is 18.4 Å². The van der Waals surface area contributed by atoms with E-state index in [1.54, 1.807) is 0 Å². The predicted molar refractivity (Wildman–Crippen MR) is 54.7 cm³/mol. The average molecular weight is 188 g/mol. The molecule has 1 atom stereocenters. The first-order valence-corrected chi connectivity index (χ1v) is 4.47. The molecule has 1 aromatic rings. The minimum absolute atomic E-state index is 0.496. The predicted octanol–water partition coefficient (Wildman–Crippen LogP) is 1.95. The maximum absolute atomic E-state index is 10.6. The van der Waals surface area contributed by atoms with Gasteiger partial charge in [0, 0.05) is 0 Å². The van der Waals surface area contributed by atoms with E-state index >= 15 is 0 Å². The minimum Gasteiger partial charge on any atom is -0.480 e. The Morgan fingerprint density at radius 1 is 1.43 bits per heavy atom. The standard InChI is InChI=1S/C12H12O2/c1-2-11(12(13)14)9-8-10-6-4-3-5-7-10/h1,3-7,11H,8-9H2,(H,13,14). The summed E-state index contributed by atoms with van der Waals surface area (Å²) in [4.78, 5) is 10.6. The lowest BCUT2D eigenvalue weighted by atomic mass is 10.0. The summed E-state index contributed by atoms with van der Waals surface area (Å²) in [6.45, 7) is 0. The largest absolute Gasteiger partial charge is 0.480 e. The molecule has 0 aliphatic heterocycles. The molecule has 0 aliphatic carbocycles. The lowest BCUT2D eigenvalue weighted by molar-refractivity contribution is -0.139. The van der Waals surface area contributed by atoms with Gasteiger partial charge in [-0.25, -0.2) is 0 Å². The van der Waals surface area contributed by atoms with Crippen molar-refractivity contribution in [2.45, 2.75) is 12.8 Å². The van der Waals surface area contributed by atoms with Gasteiger partial charge in [0.25, 0.3) is 0 Å². The first kappa shape index (κ1) is 10.3. The Labute approximate surface area is 83.6 Å². The molecule has 1 rings (SSSR count). The Bertz CT molecular complexity index is 335. The third-order valence-electron chi connectivity index (χ3n) is 2.06. The van der Waals surface area contributed by atoms with Crippen LogP contribution in [0.5, 0.6) is 0 Å². The summed E-state index contributed by atoms with van der Waals surface area (Å²) in [5, 5.41) is 8.71. The molecule has 0 aromatic heterocycles. The highest BCUT2D eigenvalue weighted by Gasteiger charge is 2.13. The van der Waals surface area contributed by atoms with Crippen molar-refractivity contribution in [3.8, 4) is 12.3 Å². The number of terminal acetylenes is 1. The highest BCUT2D eigenvalue weighted by molar-refractivity contribution is 5.73. The second-order valence-electron chi connectivity index (χ2n) is 3.08. The first-order valence-electron chi connectivity index (χ1n) is 4.47. The summed E-state index contributed by atoms with van der Waals surface area (Å²) in [6, 6.07) is 9.73. The molecule has 2 nitrogen and oxygen atoms in total. The van der Waals surface area contributed by atoms with Crippen molar-refractivity contribution in [1.29, 1.82) is 0 Å². The summed E-state index contributed by atoms with van der Waals surface area (Å²) in [7, 11) is 0. The fourth-order valence-corrected chi connectivity index (χ4v) is 1.23. The Morgan fingerprint density at radius 2 is 2.07 bits per heavy atom. The van der Waals surface area contributed by atoms with E-state index in [1.807, 2.05) is 30.3 Å². The van der Waals surface area contributed by atoms with Crippen LogP contribution in [0, 0.1) is 18.3 Å². The molecule has 0 spiro atoms. The Kier molecular flexibility index (Phi) is 3.75. The monoisotopic (exact) mass is 188 g/mol. The fourth-order valence-electron chi connectivity index (χ4n) is 1.23. The zero-order valence-corrected chi connectivity index (χ0v) is 7.81. The number of rotatable bonds is 4. The molecular weight excluding hydrogens is 176 g/mol. The summed E-state index contributed by atoms with van der Waals surface area (Å²) in [6.07, 6.45) is 6.31. The van der Waals surface area contributed by atoms with Crippen LogP contribution in [0.25, 0.3) is 0 Å². The van der Waals surface area contributed by atoms with Crippen LogP contribution < -0.4 is 0 Å². The highest BCUT2D eigenvalue weighted by atomic mass is 16.4. The molecule has 0 fully saturated rings. The molecule has 1 unspecified atom stereocenters. The number of carboxylic acid groups (broad SMARTS) is 1. The molecule has 72 valence electrons. The fraction of sp³-hybridized carbons (Fsp3) is 0.250. The normalized spacial score (nSPS) is 11.6. The maximum atomic E-state index is 10.6. The van der Waals surface area contributed by atoms with Gasteiger partial charge in [-0.3, -0.25) is 4.79 Å². The van der Waals surface area contributed by atoms with E-state index in [2.05, 4.69) is 5.92 Å². The van der Waals surface area contributed by atoms with Crippen molar-refractivity contribution in [1.82, 2.24) is 0 Å². The Balaban J connectivity index is 2.49. The van der Waals surface area contributed by atoms with Gasteiger partial charge >= 0.3 is 5.97 Å². The molecule has 0 saturated carbocycles. The maximum Gasteiger partial charge on any atom is 0.318 e. The van der Waals surface area contributed by atoms with E-state index < -0.39 is 11.9 Å². The summed E-state index contributed by atoms with van der Waals surface area (Å²) < 4.78 is 0. The molecule has 0 bridgehead atoms. The summed E-state index contributed by atoms with van der Waals surface area (Å²) in [5.41, 5.74) is 1.12. The number of carboxylic acids is 1. The summed E-state index contributed by atoms with van der Waals surface area (Å²) in [5.74, 6) is 0.688. The van der Waals surface area contributed by atoms with E-state index in [4.69, 9.17) is 11.5 Å². The van der Waals surface area contributed by atoms with Crippen LogP contribution in [-0.4, -0.2) is 11.1 Å². The van der Waals surface area contributed by atoms with Gasteiger partial charge in [-0.2, -0.15) is 0 Å². The van der Waals surface area contributed by atoms with Crippen LogP contribution in [0.15, 0.2) is 30.3 Å². The molecule has 0 amide bonds. The molecule has 14 heavy (non-hydrogen) atoms. The number of aryl methyl sites for hydroxylation is 1. The topological polar surface area (TPSA) is 37.3 Å². The number of aliphatic carboxylic acids is 1. The Hall–Kier alpha value is -1.75. The highest BCUT2D eigenvalue weighted by Crippen LogP contribution is 2.09. The zero-order chi connectivity index (χ0) is 10.4. The zero-order valence-electron chi connectivity index (χ0n) is 7.81. The van der Waals surface area contributed by atoms with Crippen molar-refractivity contribution < 1.29 is 9.90 Å². The smallest absolute Gasteiger partial charge is 0.318 e. The van der Waals surface area contributed by atoms with Crippen LogP contribution in [0.3, 0.4) is 0 Å².